The molecule has 7 nitrogen and oxygen atoms in total. The number of hydrogen-bond donors (Lipinski definition) is 1. The molecule has 1 fully saturated rings. The number of piperidine rings is 1. The average Bonchev–Trinajstić information content (AvgIpc) is 2.70. The van der Waals surface area contributed by atoms with Crippen LogP contribution in [0.15, 0.2) is 46.5 Å². The summed E-state index contributed by atoms with van der Waals surface area (Å²) in [5, 5.41) is 2.88. The number of carbonyl (C=O) groups excluding carboxylic acids is 1. The molecule has 0 saturated carbocycles. The van der Waals surface area contributed by atoms with Crippen LogP contribution in [-0.4, -0.2) is 45.6 Å². The van der Waals surface area contributed by atoms with E-state index < -0.39 is 11.1 Å². The Bertz CT molecular complexity index is 976. The third-order valence-electron chi connectivity index (χ3n) is 5.41. The van der Waals surface area contributed by atoms with E-state index in [9.17, 15) is 14.4 Å². The zero-order valence-corrected chi connectivity index (χ0v) is 16.4. The summed E-state index contributed by atoms with van der Waals surface area (Å²) < 4.78 is 2.65. The smallest absolute Gasteiger partial charge is 0.317 e. The number of para-hydroxylation sites is 2. The molecule has 1 amide bonds. The van der Waals surface area contributed by atoms with Crippen LogP contribution in [-0.2, 0) is 17.9 Å². The molecule has 0 unspecified atom stereocenters. The fraction of sp³-hybridized carbons (Fsp3) is 0.476. The molecule has 0 spiro atoms. The Hall–Kier alpha value is -2.67. The van der Waals surface area contributed by atoms with Gasteiger partial charge in [-0.05, 0) is 38.4 Å². The van der Waals surface area contributed by atoms with Gasteiger partial charge in [0, 0.05) is 25.7 Å². The number of aromatic nitrogens is 2. The molecule has 2 aromatic rings. The standard InChI is InChI=1S/C21H28N4O3/c1-3-12-24-17-9-4-5-10-18(17)25(21(28)20(24)27)15-19(26)22-11-14-23-13-7-6-8-16(23)2/h3-5,9-10,16H,1,6-8,11-15H2,2H3,(H,22,26)/t16-/m0/s1. The van der Waals surface area contributed by atoms with E-state index >= 15 is 0 Å². The number of rotatable bonds is 7. The van der Waals surface area contributed by atoms with E-state index in [0.29, 0.717) is 23.6 Å². The van der Waals surface area contributed by atoms with Crippen molar-refractivity contribution in [2.75, 3.05) is 19.6 Å². The molecule has 1 aromatic carbocycles. The molecule has 28 heavy (non-hydrogen) atoms. The summed E-state index contributed by atoms with van der Waals surface area (Å²) in [6.45, 7) is 8.32. The van der Waals surface area contributed by atoms with E-state index in [4.69, 9.17) is 0 Å². The van der Waals surface area contributed by atoms with E-state index in [1.54, 1.807) is 30.3 Å². The van der Waals surface area contributed by atoms with Crippen LogP contribution < -0.4 is 16.4 Å². The highest BCUT2D eigenvalue weighted by Crippen LogP contribution is 2.15. The van der Waals surface area contributed by atoms with Crippen molar-refractivity contribution in [3.63, 3.8) is 0 Å². The summed E-state index contributed by atoms with van der Waals surface area (Å²) in [6.07, 6.45) is 5.22. The molecule has 1 aliphatic heterocycles. The number of nitrogens with zero attached hydrogens (tertiary/aromatic N) is 3. The normalized spacial score (nSPS) is 17.5. The minimum absolute atomic E-state index is 0.168. The molecule has 3 rings (SSSR count). The van der Waals surface area contributed by atoms with Crippen LogP contribution in [0.2, 0.25) is 0 Å². The maximum Gasteiger partial charge on any atom is 0.317 e. The number of carbonyl (C=O) groups is 1. The second kappa shape index (κ2) is 9.01. The first-order valence-electron chi connectivity index (χ1n) is 9.87. The Kier molecular flexibility index (Phi) is 6.46. The van der Waals surface area contributed by atoms with Crippen molar-refractivity contribution in [1.82, 2.24) is 19.4 Å². The summed E-state index contributed by atoms with van der Waals surface area (Å²) in [4.78, 5) is 39.9. The van der Waals surface area contributed by atoms with Crippen molar-refractivity contribution in [3.8, 4) is 0 Å². The average molecular weight is 384 g/mol. The van der Waals surface area contributed by atoms with E-state index in [1.165, 1.54) is 28.4 Å². The van der Waals surface area contributed by atoms with Crippen molar-refractivity contribution in [1.29, 1.82) is 0 Å². The number of likely N-dealkylation sites (tertiary alicyclic amines) is 1. The maximum atomic E-state index is 12.6. The molecule has 2 heterocycles. The lowest BCUT2D eigenvalue weighted by atomic mass is 10.0. The summed E-state index contributed by atoms with van der Waals surface area (Å²) in [6, 6.07) is 7.64. The van der Waals surface area contributed by atoms with Gasteiger partial charge in [0.15, 0.2) is 0 Å². The molecular weight excluding hydrogens is 356 g/mol. The van der Waals surface area contributed by atoms with E-state index in [0.717, 1.165) is 13.1 Å². The van der Waals surface area contributed by atoms with Crippen molar-refractivity contribution in [2.45, 2.75) is 45.3 Å². The largest absolute Gasteiger partial charge is 0.353 e. The third-order valence-corrected chi connectivity index (χ3v) is 5.41. The number of benzene rings is 1. The fourth-order valence-electron chi connectivity index (χ4n) is 3.87. The monoisotopic (exact) mass is 384 g/mol. The summed E-state index contributed by atoms with van der Waals surface area (Å²) in [5.74, 6) is -0.266. The summed E-state index contributed by atoms with van der Waals surface area (Å²) in [7, 11) is 0. The Morgan fingerprint density at radius 2 is 1.86 bits per heavy atom. The minimum Gasteiger partial charge on any atom is -0.353 e. The molecular formula is C21H28N4O3. The van der Waals surface area contributed by atoms with Crippen molar-refractivity contribution >= 4 is 16.9 Å². The predicted octanol–water partition coefficient (Wildman–Crippen LogP) is 1.34. The van der Waals surface area contributed by atoms with Crippen LogP contribution in [0.25, 0.3) is 11.0 Å². The molecule has 1 N–H and O–H groups in total. The number of amides is 1. The lowest BCUT2D eigenvalue weighted by Gasteiger charge is -2.33. The summed E-state index contributed by atoms with van der Waals surface area (Å²) >= 11 is 0. The number of fused-ring (bicyclic) bond motifs is 1. The van der Waals surface area contributed by atoms with Gasteiger partial charge in [0.05, 0.1) is 11.0 Å². The van der Waals surface area contributed by atoms with Gasteiger partial charge < -0.3 is 5.32 Å². The van der Waals surface area contributed by atoms with Gasteiger partial charge in [-0.15, -0.1) is 6.58 Å². The fourth-order valence-corrected chi connectivity index (χ4v) is 3.87. The van der Waals surface area contributed by atoms with E-state index in [-0.39, 0.29) is 19.0 Å². The van der Waals surface area contributed by atoms with Gasteiger partial charge in [-0.25, -0.2) is 0 Å². The Labute approximate surface area is 164 Å². The number of hydrogen-bond acceptors (Lipinski definition) is 4. The highest BCUT2D eigenvalue weighted by Gasteiger charge is 2.18. The molecule has 1 aromatic heterocycles. The van der Waals surface area contributed by atoms with Crippen LogP contribution in [0.5, 0.6) is 0 Å². The SMILES string of the molecule is C=CCn1c(=O)c(=O)n(CC(=O)NCCN2CCCC[C@@H]2C)c2ccccc21. The lowest BCUT2D eigenvalue weighted by molar-refractivity contribution is -0.121. The topological polar surface area (TPSA) is 76.3 Å². The van der Waals surface area contributed by atoms with Gasteiger partial charge in [-0.3, -0.25) is 28.4 Å². The van der Waals surface area contributed by atoms with Crippen molar-refractivity contribution in [2.24, 2.45) is 0 Å². The zero-order valence-electron chi connectivity index (χ0n) is 16.4. The molecule has 0 aliphatic carbocycles. The Morgan fingerprint density at radius 3 is 2.54 bits per heavy atom. The maximum absolute atomic E-state index is 12.6. The Balaban J connectivity index is 1.75. The first-order valence-corrected chi connectivity index (χ1v) is 9.87. The van der Waals surface area contributed by atoms with Gasteiger partial charge in [-0.1, -0.05) is 24.6 Å². The van der Waals surface area contributed by atoms with Crippen LogP contribution in [0, 0.1) is 0 Å². The second-order valence-corrected chi connectivity index (χ2v) is 7.32. The summed E-state index contributed by atoms with van der Waals surface area (Å²) in [5.41, 5.74) is -0.162. The quantitative estimate of drug-likeness (QED) is 0.577. The number of nitrogens with one attached hydrogen (secondary N) is 1. The first-order chi connectivity index (χ1) is 13.5. The second-order valence-electron chi connectivity index (χ2n) is 7.32. The zero-order chi connectivity index (χ0) is 20.1. The van der Waals surface area contributed by atoms with Gasteiger partial charge >= 0.3 is 11.1 Å². The van der Waals surface area contributed by atoms with Gasteiger partial charge in [-0.2, -0.15) is 0 Å². The van der Waals surface area contributed by atoms with Gasteiger partial charge in [0.2, 0.25) is 5.91 Å². The first kappa shape index (κ1) is 20.1. The highest BCUT2D eigenvalue weighted by molar-refractivity contribution is 5.80. The molecule has 7 heteroatoms. The highest BCUT2D eigenvalue weighted by atomic mass is 16.2. The lowest BCUT2D eigenvalue weighted by Crippen LogP contribution is -2.45. The molecule has 0 bridgehead atoms. The minimum atomic E-state index is -0.694. The van der Waals surface area contributed by atoms with Crippen molar-refractivity contribution < 1.29 is 4.79 Å². The van der Waals surface area contributed by atoms with Crippen LogP contribution >= 0.6 is 0 Å². The van der Waals surface area contributed by atoms with Gasteiger partial charge in [0.1, 0.15) is 6.54 Å². The van der Waals surface area contributed by atoms with Crippen LogP contribution in [0.4, 0.5) is 0 Å². The molecule has 150 valence electrons. The Morgan fingerprint density at radius 1 is 1.18 bits per heavy atom. The van der Waals surface area contributed by atoms with Crippen molar-refractivity contribution in [3.05, 3.63) is 57.6 Å². The van der Waals surface area contributed by atoms with E-state index in [1.807, 2.05) is 0 Å². The molecule has 0 radical (unpaired) electrons. The van der Waals surface area contributed by atoms with Crippen LogP contribution in [0.3, 0.4) is 0 Å². The third kappa shape index (κ3) is 4.25. The number of allylic oxidation sites excluding steroid dienone is 1. The van der Waals surface area contributed by atoms with Gasteiger partial charge in [0.25, 0.3) is 0 Å². The van der Waals surface area contributed by atoms with E-state index in [2.05, 4.69) is 23.7 Å². The van der Waals surface area contributed by atoms with Crippen LogP contribution in [0.1, 0.15) is 26.2 Å². The molecule has 1 atom stereocenters. The predicted molar refractivity (Wildman–Crippen MR) is 111 cm³/mol. The molecule has 1 aliphatic rings. The molecule has 1 saturated heterocycles.